The Labute approximate surface area is 126 Å². The number of aromatic nitrogens is 3. The molecule has 9 nitrogen and oxygen atoms in total. The number of morpholine rings is 1. The summed E-state index contributed by atoms with van der Waals surface area (Å²) in [6.07, 6.45) is 2.48. The third-order valence-corrected chi connectivity index (χ3v) is 3.80. The molecule has 10 heteroatoms. The second-order valence-corrected chi connectivity index (χ2v) is 6.14. The number of hydrogen-bond acceptors (Lipinski definition) is 9. The molecule has 1 aliphatic rings. The number of hydrogen-bond donors (Lipinski definition) is 3. The maximum Gasteiger partial charge on any atom is 0.243 e. The fraction of sp³-hybridized carbons (Fsp3) is 0.727. The zero-order valence-corrected chi connectivity index (χ0v) is 12.9. The number of hydrazine groups is 1. The van der Waals surface area contributed by atoms with Crippen LogP contribution in [0.15, 0.2) is 0 Å². The largest absolute Gasteiger partial charge is 0.378 e. The predicted molar refractivity (Wildman–Crippen MR) is 82.7 cm³/mol. The van der Waals surface area contributed by atoms with E-state index in [1.54, 1.807) is 6.26 Å². The molecule has 21 heavy (non-hydrogen) atoms. The molecule has 0 radical (unpaired) electrons. The van der Waals surface area contributed by atoms with Crippen molar-refractivity contribution in [2.24, 2.45) is 5.84 Å². The number of rotatable bonds is 7. The second-order valence-electron chi connectivity index (χ2n) is 4.58. The molecule has 1 saturated heterocycles. The highest BCUT2D eigenvalue weighted by atomic mass is 32.2. The molecule has 0 amide bonds. The number of anilines is 3. The van der Waals surface area contributed by atoms with E-state index in [4.69, 9.17) is 10.6 Å². The number of nitrogens with two attached hydrogens (primary N) is 1. The van der Waals surface area contributed by atoms with Gasteiger partial charge in [0.2, 0.25) is 17.8 Å². The Morgan fingerprint density at radius 2 is 2.00 bits per heavy atom. The minimum absolute atomic E-state index is 0.313. The predicted octanol–water partition coefficient (Wildman–Crippen LogP) is -0.826. The van der Waals surface area contributed by atoms with Gasteiger partial charge in [0.25, 0.3) is 0 Å². The second kappa shape index (κ2) is 8.05. The summed E-state index contributed by atoms with van der Waals surface area (Å²) in [7, 11) is -0.785. The first-order chi connectivity index (χ1) is 10.2. The van der Waals surface area contributed by atoms with Crippen LogP contribution in [0.5, 0.6) is 0 Å². The Morgan fingerprint density at radius 1 is 1.29 bits per heavy atom. The van der Waals surface area contributed by atoms with Crippen LogP contribution in [0, 0.1) is 0 Å². The topological polar surface area (TPSA) is 118 Å². The first-order valence-electron chi connectivity index (χ1n) is 6.78. The molecule has 2 heterocycles. The zero-order chi connectivity index (χ0) is 15.1. The third-order valence-electron chi connectivity index (χ3n) is 2.94. The standard InChI is InChI=1S/C11H21N7O2S/c1-21(19)8-2-3-13-9-14-10(17-12)16-11(15-9)18-4-6-20-7-5-18/h2-8,12H2,1H3,(H2,13,14,15,16,17). The van der Waals surface area contributed by atoms with Crippen molar-refractivity contribution in [3.05, 3.63) is 0 Å². The Kier molecular flexibility index (Phi) is 6.08. The van der Waals surface area contributed by atoms with Crippen molar-refractivity contribution >= 4 is 28.6 Å². The van der Waals surface area contributed by atoms with E-state index < -0.39 is 10.8 Å². The van der Waals surface area contributed by atoms with Gasteiger partial charge in [0.1, 0.15) is 0 Å². The van der Waals surface area contributed by atoms with Crippen LogP contribution in [-0.2, 0) is 15.5 Å². The fourth-order valence-electron chi connectivity index (χ4n) is 1.89. The van der Waals surface area contributed by atoms with Crippen molar-refractivity contribution in [3.8, 4) is 0 Å². The van der Waals surface area contributed by atoms with E-state index >= 15 is 0 Å². The lowest BCUT2D eigenvalue weighted by Gasteiger charge is -2.27. The van der Waals surface area contributed by atoms with E-state index in [-0.39, 0.29) is 0 Å². The Balaban J connectivity index is 2.00. The quantitative estimate of drug-likeness (QED) is 0.336. The van der Waals surface area contributed by atoms with Gasteiger partial charge in [0.05, 0.1) is 13.2 Å². The highest BCUT2D eigenvalue weighted by molar-refractivity contribution is 7.84. The first-order valence-corrected chi connectivity index (χ1v) is 8.51. The van der Waals surface area contributed by atoms with Gasteiger partial charge >= 0.3 is 0 Å². The summed E-state index contributed by atoms with van der Waals surface area (Å²) in [5.74, 6) is 7.39. The van der Waals surface area contributed by atoms with Crippen molar-refractivity contribution < 1.29 is 8.95 Å². The van der Waals surface area contributed by atoms with Gasteiger partial charge in [-0.15, -0.1) is 0 Å². The molecule has 4 N–H and O–H groups in total. The van der Waals surface area contributed by atoms with Crippen LogP contribution >= 0.6 is 0 Å². The number of nitrogen functional groups attached to an aromatic ring is 1. The fourth-order valence-corrected chi connectivity index (χ4v) is 2.44. The molecule has 1 fully saturated rings. The van der Waals surface area contributed by atoms with E-state index in [9.17, 15) is 4.21 Å². The van der Waals surface area contributed by atoms with Gasteiger partial charge in [-0.05, 0) is 6.42 Å². The highest BCUT2D eigenvalue weighted by Gasteiger charge is 2.16. The molecule has 0 saturated carbocycles. The minimum atomic E-state index is -0.785. The Morgan fingerprint density at radius 3 is 2.67 bits per heavy atom. The summed E-state index contributed by atoms with van der Waals surface area (Å²) < 4.78 is 16.3. The van der Waals surface area contributed by atoms with Crippen molar-refractivity contribution in [1.82, 2.24) is 15.0 Å². The van der Waals surface area contributed by atoms with Crippen molar-refractivity contribution in [2.45, 2.75) is 6.42 Å². The van der Waals surface area contributed by atoms with Gasteiger partial charge in [-0.2, -0.15) is 15.0 Å². The summed E-state index contributed by atoms with van der Waals surface area (Å²) in [4.78, 5) is 14.8. The summed E-state index contributed by atoms with van der Waals surface area (Å²) in [5.41, 5.74) is 2.45. The molecular weight excluding hydrogens is 294 g/mol. The van der Waals surface area contributed by atoms with E-state index in [1.165, 1.54) is 0 Å². The number of nitrogens with zero attached hydrogens (tertiary/aromatic N) is 4. The summed E-state index contributed by atoms with van der Waals surface area (Å²) in [5, 5.41) is 3.10. The van der Waals surface area contributed by atoms with Gasteiger partial charge in [-0.3, -0.25) is 9.63 Å². The lowest BCUT2D eigenvalue weighted by Crippen LogP contribution is -2.37. The molecule has 1 unspecified atom stereocenters. The van der Waals surface area contributed by atoms with Crippen molar-refractivity contribution in [2.75, 3.05) is 60.5 Å². The van der Waals surface area contributed by atoms with Gasteiger partial charge in [0.15, 0.2) is 0 Å². The van der Waals surface area contributed by atoms with E-state index in [1.807, 2.05) is 4.90 Å². The molecule has 118 valence electrons. The smallest absolute Gasteiger partial charge is 0.243 e. The van der Waals surface area contributed by atoms with Gasteiger partial charge in [0, 0.05) is 42.4 Å². The molecule has 1 atom stereocenters. The normalized spacial score (nSPS) is 16.6. The average Bonchev–Trinajstić information content (AvgIpc) is 2.52. The summed E-state index contributed by atoms with van der Waals surface area (Å²) in [6.45, 7) is 3.44. The van der Waals surface area contributed by atoms with E-state index in [0.29, 0.717) is 43.4 Å². The maximum atomic E-state index is 11.0. The van der Waals surface area contributed by atoms with Gasteiger partial charge in [-0.1, -0.05) is 0 Å². The van der Waals surface area contributed by atoms with Gasteiger partial charge in [-0.25, -0.2) is 5.84 Å². The Hall–Kier alpha value is -1.52. The van der Waals surface area contributed by atoms with Crippen LogP contribution < -0.4 is 21.5 Å². The summed E-state index contributed by atoms with van der Waals surface area (Å²) in [6, 6.07) is 0. The maximum absolute atomic E-state index is 11.0. The first kappa shape index (κ1) is 15.9. The van der Waals surface area contributed by atoms with Crippen molar-refractivity contribution in [3.63, 3.8) is 0 Å². The van der Waals surface area contributed by atoms with Crippen LogP contribution in [0.2, 0.25) is 0 Å². The highest BCUT2D eigenvalue weighted by Crippen LogP contribution is 2.14. The van der Waals surface area contributed by atoms with E-state index in [2.05, 4.69) is 25.7 Å². The average molecular weight is 315 g/mol. The van der Waals surface area contributed by atoms with Crippen LogP contribution in [-0.4, -0.2) is 64.0 Å². The lowest BCUT2D eigenvalue weighted by molar-refractivity contribution is 0.122. The third kappa shape index (κ3) is 5.06. The lowest BCUT2D eigenvalue weighted by atomic mass is 10.4. The molecule has 0 spiro atoms. The number of nitrogens with one attached hydrogen (secondary N) is 2. The summed E-state index contributed by atoms with van der Waals surface area (Å²) >= 11 is 0. The zero-order valence-electron chi connectivity index (χ0n) is 12.0. The Bertz CT molecular complexity index is 482. The molecule has 1 aromatic rings. The molecule has 0 aliphatic carbocycles. The molecule has 1 aliphatic heterocycles. The van der Waals surface area contributed by atoms with Crippen molar-refractivity contribution in [1.29, 1.82) is 0 Å². The van der Waals surface area contributed by atoms with Gasteiger partial charge < -0.3 is 15.0 Å². The molecule has 2 rings (SSSR count). The van der Waals surface area contributed by atoms with Crippen LogP contribution in [0.1, 0.15) is 6.42 Å². The molecule has 1 aromatic heterocycles. The van der Waals surface area contributed by atoms with E-state index in [0.717, 1.165) is 19.5 Å². The molecule has 0 aromatic carbocycles. The molecule has 0 bridgehead atoms. The minimum Gasteiger partial charge on any atom is -0.378 e. The monoisotopic (exact) mass is 315 g/mol. The van der Waals surface area contributed by atoms with Crippen LogP contribution in [0.25, 0.3) is 0 Å². The van der Waals surface area contributed by atoms with Crippen LogP contribution in [0.4, 0.5) is 17.8 Å². The SMILES string of the molecule is CS(=O)CCCNc1nc(NN)nc(N2CCOCC2)n1. The number of ether oxygens (including phenoxy) is 1. The molecular formula is C11H21N7O2S. The van der Waals surface area contributed by atoms with Crippen LogP contribution in [0.3, 0.4) is 0 Å².